The number of methoxy groups -OCH3 is 1. The molecule has 1 unspecified atom stereocenters. The maximum Gasteiger partial charge on any atom is 0.264 e. The van der Waals surface area contributed by atoms with Gasteiger partial charge in [-0.05, 0) is 60.8 Å². The molecule has 248 valence electrons. The molecule has 2 heterocycles. The number of hydrogen-bond donors (Lipinski definition) is 4. The molecule has 2 aliphatic heterocycles. The number of anilines is 2. The summed E-state index contributed by atoms with van der Waals surface area (Å²) in [7, 11) is 1.53. The van der Waals surface area contributed by atoms with Crippen molar-refractivity contribution in [2.45, 2.75) is 44.9 Å². The zero-order valence-electron chi connectivity index (χ0n) is 27.0. The third-order valence-corrected chi connectivity index (χ3v) is 9.02. The lowest BCUT2D eigenvalue weighted by atomic mass is 9.83. The van der Waals surface area contributed by atoms with Crippen LogP contribution in [0.1, 0.15) is 42.9 Å². The summed E-state index contributed by atoms with van der Waals surface area (Å²) >= 11 is 0. The molecular formula is C37H44N4O6. The molecule has 0 aliphatic carbocycles. The molecule has 3 atom stereocenters. The molecule has 4 N–H and O–H groups in total. The van der Waals surface area contributed by atoms with Gasteiger partial charge in [0.05, 0.1) is 31.9 Å². The van der Waals surface area contributed by atoms with Crippen molar-refractivity contribution in [2.24, 2.45) is 11.8 Å². The second kappa shape index (κ2) is 15.4. The van der Waals surface area contributed by atoms with Crippen LogP contribution in [0.5, 0.6) is 5.75 Å². The fourth-order valence-corrected chi connectivity index (χ4v) is 6.26. The lowest BCUT2D eigenvalue weighted by Crippen LogP contribution is -2.44. The minimum absolute atomic E-state index is 0.00588. The number of piperidine rings is 1. The Morgan fingerprint density at radius 3 is 2.57 bits per heavy atom. The van der Waals surface area contributed by atoms with Crippen LogP contribution in [0.25, 0.3) is 0 Å². The predicted octanol–water partition coefficient (Wildman–Crippen LogP) is 3.97. The molecule has 3 aromatic rings. The minimum atomic E-state index is -1.89. The van der Waals surface area contributed by atoms with E-state index in [1.165, 1.54) is 7.11 Å². The molecule has 5 rings (SSSR count). The third kappa shape index (κ3) is 7.73. The van der Waals surface area contributed by atoms with E-state index in [2.05, 4.69) is 10.6 Å². The van der Waals surface area contributed by atoms with Gasteiger partial charge in [0, 0.05) is 43.2 Å². The van der Waals surface area contributed by atoms with Crippen molar-refractivity contribution in [3.63, 3.8) is 0 Å². The summed E-state index contributed by atoms with van der Waals surface area (Å²) in [5.74, 6) is -0.872. The smallest absolute Gasteiger partial charge is 0.264 e. The van der Waals surface area contributed by atoms with Crippen LogP contribution in [-0.4, -0.2) is 66.2 Å². The minimum Gasteiger partial charge on any atom is -0.497 e. The average Bonchev–Trinajstić information content (AvgIpc) is 3.31. The molecule has 10 heteroatoms. The number of nitrogens with zero attached hydrogens (tertiary/aromatic N) is 2. The highest BCUT2D eigenvalue weighted by molar-refractivity contribution is 6.07. The van der Waals surface area contributed by atoms with Crippen molar-refractivity contribution in [3.8, 4) is 5.75 Å². The molecule has 1 fully saturated rings. The van der Waals surface area contributed by atoms with Crippen molar-refractivity contribution in [1.82, 2.24) is 10.2 Å². The van der Waals surface area contributed by atoms with E-state index < -0.39 is 17.4 Å². The second-order valence-electron chi connectivity index (χ2n) is 12.2. The van der Waals surface area contributed by atoms with E-state index >= 15 is 0 Å². The Labute approximate surface area is 276 Å². The van der Waals surface area contributed by atoms with Crippen molar-refractivity contribution < 1.29 is 29.3 Å². The van der Waals surface area contributed by atoms with Gasteiger partial charge in [-0.1, -0.05) is 61.5 Å². The third-order valence-electron chi connectivity index (χ3n) is 9.02. The normalized spacial score (nSPS) is 19.8. The van der Waals surface area contributed by atoms with Crippen LogP contribution in [0, 0.1) is 11.8 Å². The number of carbonyl (C=O) groups is 3. The Kier molecular flexibility index (Phi) is 11.1. The molecule has 0 spiro atoms. The van der Waals surface area contributed by atoms with Crippen LogP contribution in [0.4, 0.5) is 11.4 Å². The van der Waals surface area contributed by atoms with E-state index in [0.29, 0.717) is 35.8 Å². The predicted molar refractivity (Wildman–Crippen MR) is 181 cm³/mol. The van der Waals surface area contributed by atoms with Crippen LogP contribution in [0.2, 0.25) is 0 Å². The van der Waals surface area contributed by atoms with Crippen molar-refractivity contribution >= 4 is 29.1 Å². The van der Waals surface area contributed by atoms with E-state index in [1.54, 1.807) is 47.1 Å². The molecule has 2 aliphatic rings. The number of nitrogens with one attached hydrogen (secondary N) is 2. The lowest BCUT2D eigenvalue weighted by Gasteiger charge is -2.28. The first-order valence-corrected chi connectivity index (χ1v) is 16.2. The number of ether oxygens (including phenoxy) is 1. The molecule has 3 aromatic carbocycles. The summed E-state index contributed by atoms with van der Waals surface area (Å²) in [6, 6.07) is 22.2. The number of amides is 3. The van der Waals surface area contributed by atoms with Gasteiger partial charge in [-0.3, -0.25) is 14.4 Å². The Morgan fingerprint density at radius 1 is 1.13 bits per heavy atom. The van der Waals surface area contributed by atoms with E-state index in [4.69, 9.17) is 4.74 Å². The highest BCUT2D eigenvalue weighted by Gasteiger charge is 2.52. The number of rotatable bonds is 13. The molecular weight excluding hydrogens is 596 g/mol. The quantitative estimate of drug-likeness (QED) is 0.208. The average molecular weight is 641 g/mol. The van der Waals surface area contributed by atoms with E-state index in [0.717, 1.165) is 30.5 Å². The summed E-state index contributed by atoms with van der Waals surface area (Å²) in [6.45, 7) is 4.00. The molecule has 10 nitrogen and oxygen atoms in total. The summed E-state index contributed by atoms with van der Waals surface area (Å²) in [6.07, 6.45) is 5.26. The largest absolute Gasteiger partial charge is 0.497 e. The van der Waals surface area contributed by atoms with Gasteiger partial charge >= 0.3 is 0 Å². The SMILES string of the molecule is COc1ccc2c(c1)[C@@](O)([C@H](C)/C=C/CC(=O)N(CCO)Cc1ccccc1)C(=O)N2Cc1ccc(NC(=O)C2CCCNC2)cc1. The van der Waals surface area contributed by atoms with Gasteiger partial charge in [0.25, 0.3) is 5.91 Å². The topological polar surface area (TPSA) is 131 Å². The Bertz CT molecular complexity index is 1570. The van der Waals surface area contributed by atoms with Crippen molar-refractivity contribution in [1.29, 1.82) is 0 Å². The molecule has 47 heavy (non-hydrogen) atoms. The van der Waals surface area contributed by atoms with Crippen LogP contribution < -0.4 is 20.3 Å². The Morgan fingerprint density at radius 2 is 1.89 bits per heavy atom. The van der Waals surface area contributed by atoms with Gasteiger partial charge in [0.2, 0.25) is 11.8 Å². The summed E-state index contributed by atoms with van der Waals surface area (Å²) in [4.78, 5) is 42.9. The number of hydrogen-bond acceptors (Lipinski definition) is 7. The first kappa shape index (κ1) is 33.8. The molecule has 3 amide bonds. The van der Waals surface area contributed by atoms with E-state index in [1.807, 2.05) is 54.6 Å². The highest BCUT2D eigenvalue weighted by atomic mass is 16.5. The number of fused-ring (bicyclic) bond motifs is 1. The fourth-order valence-electron chi connectivity index (χ4n) is 6.26. The zero-order chi connectivity index (χ0) is 33.4. The summed E-state index contributed by atoms with van der Waals surface area (Å²) < 4.78 is 5.43. The van der Waals surface area contributed by atoms with Gasteiger partial charge < -0.3 is 35.4 Å². The van der Waals surface area contributed by atoms with E-state index in [9.17, 15) is 24.6 Å². The summed E-state index contributed by atoms with van der Waals surface area (Å²) in [5, 5.41) is 27.9. The Hall–Kier alpha value is -4.51. The highest BCUT2D eigenvalue weighted by Crippen LogP contribution is 2.47. The lowest BCUT2D eigenvalue weighted by molar-refractivity contribution is -0.139. The van der Waals surface area contributed by atoms with E-state index in [-0.39, 0.29) is 43.8 Å². The van der Waals surface area contributed by atoms with Crippen molar-refractivity contribution in [2.75, 3.05) is 43.6 Å². The van der Waals surface area contributed by atoms with Gasteiger partial charge in [0.1, 0.15) is 5.75 Å². The number of aliphatic hydroxyl groups is 2. The summed E-state index contributed by atoms with van der Waals surface area (Å²) in [5.41, 5.74) is 1.60. The molecule has 0 saturated carbocycles. The van der Waals surface area contributed by atoms with Gasteiger partial charge in [-0.2, -0.15) is 0 Å². The van der Waals surface area contributed by atoms with Crippen LogP contribution >= 0.6 is 0 Å². The van der Waals surface area contributed by atoms with Gasteiger partial charge in [0.15, 0.2) is 5.60 Å². The number of carbonyl (C=O) groups excluding carboxylic acids is 3. The van der Waals surface area contributed by atoms with Crippen LogP contribution in [0.3, 0.4) is 0 Å². The first-order chi connectivity index (χ1) is 22.7. The number of benzene rings is 3. The van der Waals surface area contributed by atoms with Gasteiger partial charge in [-0.25, -0.2) is 0 Å². The molecule has 1 saturated heterocycles. The Balaban J connectivity index is 1.29. The molecule has 0 radical (unpaired) electrons. The first-order valence-electron chi connectivity index (χ1n) is 16.2. The second-order valence-corrected chi connectivity index (χ2v) is 12.2. The van der Waals surface area contributed by atoms with Crippen LogP contribution in [-0.2, 0) is 33.1 Å². The molecule has 0 aromatic heterocycles. The standard InChI is InChI=1S/C37H44N4O6/c1-26(8-6-12-34(43)40(20-21-42)24-27-9-4-3-5-10-27)37(46)32-22-31(47-2)17-18-33(32)41(36(37)45)25-28-13-15-30(16-14-28)39-35(44)29-11-7-19-38-23-29/h3-6,8-10,13-18,22,26,29,38,42,46H,7,11-12,19-21,23-25H2,1-2H3,(H,39,44)/b8-6+/t26-,29?,37+/m1/s1. The van der Waals surface area contributed by atoms with Gasteiger partial charge in [-0.15, -0.1) is 0 Å². The monoisotopic (exact) mass is 640 g/mol. The number of aliphatic hydroxyl groups excluding tert-OH is 1. The maximum absolute atomic E-state index is 14.0. The zero-order valence-corrected chi connectivity index (χ0v) is 27.0. The fraction of sp³-hybridized carbons (Fsp3) is 0.378. The van der Waals surface area contributed by atoms with Crippen LogP contribution in [0.15, 0.2) is 84.9 Å². The molecule has 0 bridgehead atoms. The maximum atomic E-state index is 14.0. The van der Waals surface area contributed by atoms with Crippen molar-refractivity contribution in [3.05, 3.63) is 102 Å².